The number of aromatic nitrogens is 1. The summed E-state index contributed by atoms with van der Waals surface area (Å²) in [6, 6.07) is 16.0. The van der Waals surface area contributed by atoms with E-state index in [1.807, 2.05) is 24.4 Å². The summed E-state index contributed by atoms with van der Waals surface area (Å²) in [6.07, 6.45) is 3.73. The van der Waals surface area contributed by atoms with E-state index in [9.17, 15) is 9.59 Å². The molecule has 1 aromatic heterocycles. The lowest BCUT2D eigenvalue weighted by Gasteiger charge is -2.06. The average Bonchev–Trinajstić information content (AvgIpc) is 3.10. The minimum atomic E-state index is -0.486. The lowest BCUT2D eigenvalue weighted by molar-refractivity contribution is -0.115. The van der Waals surface area contributed by atoms with Crippen LogP contribution in [0.3, 0.4) is 0 Å². The van der Waals surface area contributed by atoms with E-state index in [0.29, 0.717) is 0 Å². The van der Waals surface area contributed by atoms with Crippen LogP contribution < -0.4 is 10.6 Å². The van der Waals surface area contributed by atoms with Crippen LogP contribution in [0.2, 0.25) is 0 Å². The number of fused-ring (bicyclic) bond motifs is 1. The van der Waals surface area contributed by atoms with Gasteiger partial charge in [-0.25, -0.2) is 4.79 Å². The van der Waals surface area contributed by atoms with E-state index in [4.69, 9.17) is 0 Å². The van der Waals surface area contributed by atoms with Gasteiger partial charge < -0.3 is 9.88 Å². The lowest BCUT2D eigenvalue weighted by atomic mass is 10.1. The first kappa shape index (κ1) is 15.2. The highest BCUT2D eigenvalue weighted by atomic mass is 16.2. The van der Waals surface area contributed by atoms with Gasteiger partial charge in [-0.05, 0) is 24.6 Å². The van der Waals surface area contributed by atoms with E-state index in [1.54, 1.807) is 6.08 Å². The van der Waals surface area contributed by atoms with Crippen LogP contribution in [-0.2, 0) is 11.3 Å². The third-order valence-corrected chi connectivity index (χ3v) is 4.31. The molecule has 2 N–H and O–H groups in total. The van der Waals surface area contributed by atoms with Crippen LogP contribution in [-0.4, -0.2) is 16.5 Å². The van der Waals surface area contributed by atoms with Crippen LogP contribution >= 0.6 is 0 Å². The Morgan fingerprint density at radius 2 is 1.76 bits per heavy atom. The number of rotatable bonds is 3. The Kier molecular flexibility index (Phi) is 3.61. The molecule has 0 spiro atoms. The highest BCUT2D eigenvalue weighted by molar-refractivity contribution is 6.14. The second-order valence-corrected chi connectivity index (χ2v) is 6.18. The van der Waals surface area contributed by atoms with Gasteiger partial charge in [0.2, 0.25) is 0 Å². The van der Waals surface area contributed by atoms with Crippen LogP contribution in [0.25, 0.3) is 17.0 Å². The van der Waals surface area contributed by atoms with Gasteiger partial charge in [-0.3, -0.25) is 10.1 Å². The number of imide groups is 1. The number of nitrogens with one attached hydrogen (secondary N) is 2. The minimum absolute atomic E-state index is 0.267. The smallest absolute Gasteiger partial charge is 0.326 e. The van der Waals surface area contributed by atoms with Crippen molar-refractivity contribution in [1.29, 1.82) is 0 Å². The third kappa shape index (κ3) is 2.92. The molecule has 25 heavy (non-hydrogen) atoms. The number of amides is 3. The summed E-state index contributed by atoms with van der Waals surface area (Å²) in [4.78, 5) is 23.1. The quantitative estimate of drug-likeness (QED) is 0.572. The standard InChI is InChI=1S/C20H17N3O2/c1-13-6-8-14(9-7-13)11-23-12-15(16-4-2-3-5-18(16)23)10-17-19(24)22-20(25)21-17/h2-10,12H,11H2,1H3,(H2,21,22,24,25). The molecule has 0 unspecified atom stereocenters. The van der Waals surface area contributed by atoms with Crippen molar-refractivity contribution in [1.82, 2.24) is 15.2 Å². The number of para-hydroxylation sites is 1. The molecule has 5 nitrogen and oxygen atoms in total. The molecule has 3 aromatic rings. The van der Waals surface area contributed by atoms with Gasteiger partial charge in [0.25, 0.3) is 5.91 Å². The summed E-state index contributed by atoms with van der Waals surface area (Å²) in [6.45, 7) is 2.81. The predicted molar refractivity (Wildman–Crippen MR) is 96.9 cm³/mol. The Labute approximate surface area is 145 Å². The second-order valence-electron chi connectivity index (χ2n) is 6.18. The fourth-order valence-electron chi connectivity index (χ4n) is 3.05. The molecule has 1 saturated heterocycles. The fraction of sp³-hybridized carbons (Fsp3) is 0.100. The van der Waals surface area contributed by atoms with Crippen LogP contribution in [0.1, 0.15) is 16.7 Å². The van der Waals surface area contributed by atoms with Gasteiger partial charge in [-0.1, -0.05) is 48.0 Å². The maximum atomic E-state index is 11.8. The Bertz CT molecular complexity index is 1010. The monoisotopic (exact) mass is 331 g/mol. The number of urea groups is 1. The molecule has 0 saturated carbocycles. The molecule has 4 rings (SSSR count). The zero-order valence-corrected chi connectivity index (χ0v) is 13.7. The topological polar surface area (TPSA) is 63.1 Å². The van der Waals surface area contributed by atoms with E-state index in [2.05, 4.69) is 52.5 Å². The maximum Gasteiger partial charge on any atom is 0.326 e. The van der Waals surface area contributed by atoms with Gasteiger partial charge in [0, 0.05) is 29.2 Å². The first-order valence-corrected chi connectivity index (χ1v) is 8.07. The lowest BCUT2D eigenvalue weighted by Crippen LogP contribution is -2.22. The van der Waals surface area contributed by atoms with Crippen molar-refractivity contribution in [2.24, 2.45) is 0 Å². The molecular weight excluding hydrogens is 314 g/mol. The summed E-state index contributed by atoms with van der Waals surface area (Å²) in [5, 5.41) is 5.80. The molecule has 3 amide bonds. The normalized spacial score (nSPS) is 15.6. The first-order chi connectivity index (χ1) is 12.1. The van der Waals surface area contributed by atoms with E-state index in [1.165, 1.54) is 11.1 Å². The number of carbonyl (C=O) groups is 2. The van der Waals surface area contributed by atoms with Crippen molar-refractivity contribution in [3.05, 3.63) is 77.1 Å². The summed E-state index contributed by atoms with van der Waals surface area (Å²) in [5.74, 6) is -0.402. The number of hydrogen-bond acceptors (Lipinski definition) is 2. The van der Waals surface area contributed by atoms with Crippen molar-refractivity contribution in [3.63, 3.8) is 0 Å². The third-order valence-electron chi connectivity index (χ3n) is 4.31. The SMILES string of the molecule is Cc1ccc(Cn2cc(C=C3NC(=O)NC3=O)c3ccccc32)cc1. The van der Waals surface area contributed by atoms with Gasteiger partial charge in [0.15, 0.2) is 0 Å². The van der Waals surface area contributed by atoms with Crippen LogP contribution in [0, 0.1) is 6.92 Å². The van der Waals surface area contributed by atoms with E-state index >= 15 is 0 Å². The number of hydrogen-bond donors (Lipinski definition) is 2. The summed E-state index contributed by atoms with van der Waals surface area (Å²) in [7, 11) is 0. The molecule has 1 fully saturated rings. The van der Waals surface area contributed by atoms with Crippen LogP contribution in [0.5, 0.6) is 0 Å². The van der Waals surface area contributed by atoms with Gasteiger partial charge in [0.1, 0.15) is 5.70 Å². The summed E-state index contributed by atoms with van der Waals surface area (Å²) >= 11 is 0. The summed E-state index contributed by atoms with van der Waals surface area (Å²) in [5.41, 5.74) is 4.69. The zero-order chi connectivity index (χ0) is 17.4. The number of aryl methyl sites for hydroxylation is 1. The zero-order valence-electron chi connectivity index (χ0n) is 13.7. The molecule has 1 aliphatic heterocycles. The van der Waals surface area contributed by atoms with Crippen LogP contribution in [0.4, 0.5) is 4.79 Å². The number of nitrogens with zero attached hydrogens (tertiary/aromatic N) is 1. The Balaban J connectivity index is 1.76. The maximum absolute atomic E-state index is 11.8. The van der Waals surface area contributed by atoms with E-state index < -0.39 is 11.9 Å². The summed E-state index contributed by atoms with van der Waals surface area (Å²) < 4.78 is 2.15. The molecule has 0 aliphatic carbocycles. The highest BCUT2D eigenvalue weighted by Gasteiger charge is 2.23. The molecule has 0 radical (unpaired) electrons. The van der Waals surface area contributed by atoms with Crippen molar-refractivity contribution < 1.29 is 9.59 Å². The van der Waals surface area contributed by atoms with Gasteiger partial charge in [-0.2, -0.15) is 0 Å². The Morgan fingerprint density at radius 3 is 2.48 bits per heavy atom. The first-order valence-electron chi connectivity index (χ1n) is 8.07. The number of benzene rings is 2. The molecule has 0 bridgehead atoms. The number of carbonyl (C=O) groups excluding carboxylic acids is 2. The molecule has 124 valence electrons. The highest BCUT2D eigenvalue weighted by Crippen LogP contribution is 2.24. The van der Waals surface area contributed by atoms with Crippen molar-refractivity contribution >= 4 is 28.9 Å². The molecule has 1 aliphatic rings. The molecule has 5 heteroatoms. The molecule has 2 heterocycles. The van der Waals surface area contributed by atoms with Crippen molar-refractivity contribution in [2.45, 2.75) is 13.5 Å². The van der Waals surface area contributed by atoms with Crippen LogP contribution in [0.15, 0.2) is 60.4 Å². The fourth-order valence-corrected chi connectivity index (χ4v) is 3.05. The largest absolute Gasteiger partial charge is 0.342 e. The Hall–Kier alpha value is -3.34. The minimum Gasteiger partial charge on any atom is -0.342 e. The van der Waals surface area contributed by atoms with Gasteiger partial charge in [-0.15, -0.1) is 0 Å². The van der Waals surface area contributed by atoms with Crippen molar-refractivity contribution in [3.8, 4) is 0 Å². The van der Waals surface area contributed by atoms with Gasteiger partial charge >= 0.3 is 6.03 Å². The second kappa shape index (κ2) is 5.94. The van der Waals surface area contributed by atoms with Crippen molar-refractivity contribution in [2.75, 3.05) is 0 Å². The molecule has 0 atom stereocenters. The average molecular weight is 331 g/mol. The Morgan fingerprint density at radius 1 is 1.00 bits per heavy atom. The van der Waals surface area contributed by atoms with Gasteiger partial charge in [0.05, 0.1) is 0 Å². The molecule has 2 aromatic carbocycles. The molecular formula is C20H17N3O2. The van der Waals surface area contributed by atoms with E-state index in [-0.39, 0.29) is 5.70 Å². The predicted octanol–water partition coefficient (Wildman–Crippen LogP) is 3.18. The van der Waals surface area contributed by atoms with E-state index in [0.717, 1.165) is 23.0 Å².